The second-order valence-corrected chi connectivity index (χ2v) is 11.2. The van der Waals surface area contributed by atoms with E-state index in [1.165, 1.54) is 50.5 Å². The molecule has 12 heteroatoms. The molecule has 0 saturated heterocycles. The van der Waals surface area contributed by atoms with Gasteiger partial charge in [-0.1, -0.05) is 23.9 Å². The monoisotopic (exact) mass is 567 g/mol. The molecule has 0 saturated carbocycles. The third-order valence-corrected chi connectivity index (χ3v) is 8.53. The molecule has 202 valence electrons. The van der Waals surface area contributed by atoms with Crippen LogP contribution in [0.3, 0.4) is 0 Å². The summed E-state index contributed by atoms with van der Waals surface area (Å²) in [5, 5.41) is 9.53. The Hall–Kier alpha value is -3.90. The lowest BCUT2D eigenvalue weighted by atomic mass is 10.1. The Bertz CT molecular complexity index is 1720. The zero-order valence-corrected chi connectivity index (χ0v) is 23.8. The zero-order valence-electron chi connectivity index (χ0n) is 22.2. The number of hydrogen-bond acceptors (Lipinski definition) is 9. The summed E-state index contributed by atoms with van der Waals surface area (Å²) in [6.45, 7) is 5.80. The predicted octanol–water partition coefficient (Wildman–Crippen LogP) is 5.87. The van der Waals surface area contributed by atoms with Crippen molar-refractivity contribution >= 4 is 33.3 Å². The number of H-pyrrole nitrogens is 1. The molecule has 5 rings (SSSR count). The summed E-state index contributed by atoms with van der Waals surface area (Å²) in [7, 11) is 4.56. The van der Waals surface area contributed by atoms with Crippen LogP contribution in [-0.4, -0.2) is 46.1 Å². The molecule has 0 aliphatic heterocycles. The summed E-state index contributed by atoms with van der Waals surface area (Å²) >= 11 is 2.79. The van der Waals surface area contributed by atoms with Gasteiger partial charge in [0.05, 0.1) is 37.7 Å². The van der Waals surface area contributed by atoms with Crippen molar-refractivity contribution in [1.82, 2.24) is 24.7 Å². The summed E-state index contributed by atoms with van der Waals surface area (Å²) in [5.41, 5.74) is 1.60. The molecule has 9 nitrogen and oxygen atoms in total. The lowest BCUT2D eigenvalue weighted by Gasteiger charge is -2.16. The number of nitrogens with zero attached hydrogens (tertiary/aromatic N) is 4. The fraction of sp³-hybridized carbons (Fsp3) is 0.259. The van der Waals surface area contributed by atoms with Crippen LogP contribution in [0, 0.1) is 19.7 Å². The number of aryl methyl sites for hydroxylation is 2. The van der Waals surface area contributed by atoms with E-state index in [1.54, 1.807) is 34.9 Å². The second kappa shape index (κ2) is 10.7. The van der Waals surface area contributed by atoms with Crippen molar-refractivity contribution in [2.45, 2.75) is 31.2 Å². The van der Waals surface area contributed by atoms with Gasteiger partial charge in [0.25, 0.3) is 5.56 Å². The number of fused-ring (bicyclic) bond motifs is 1. The van der Waals surface area contributed by atoms with Crippen LogP contribution in [0.5, 0.6) is 17.2 Å². The lowest BCUT2D eigenvalue weighted by molar-refractivity contribution is 0.324. The summed E-state index contributed by atoms with van der Waals surface area (Å²) in [6.07, 6.45) is 0. The molecule has 1 N–H and O–H groups in total. The fourth-order valence-electron chi connectivity index (χ4n) is 4.27. The normalized spacial score (nSPS) is 12.1. The first-order chi connectivity index (χ1) is 18.8. The molecule has 0 unspecified atom stereocenters. The highest BCUT2D eigenvalue weighted by atomic mass is 32.2. The summed E-state index contributed by atoms with van der Waals surface area (Å²) in [5.74, 6) is 1.70. The second-order valence-electron chi connectivity index (χ2n) is 8.68. The number of halogens is 1. The van der Waals surface area contributed by atoms with E-state index in [1.807, 2.05) is 20.8 Å². The van der Waals surface area contributed by atoms with Crippen LogP contribution < -0.4 is 19.8 Å². The number of nitrogens with one attached hydrogen (secondary N) is 1. The van der Waals surface area contributed by atoms with Crippen LogP contribution in [0.4, 0.5) is 4.39 Å². The minimum Gasteiger partial charge on any atom is -0.493 e. The largest absolute Gasteiger partial charge is 0.493 e. The first-order valence-electron chi connectivity index (χ1n) is 11.9. The molecule has 2 aromatic carbocycles. The standard InChI is InChI=1S/C27H26FN5O4S2/c1-13-14(2)38-26-21(13)25(34)29-23(30-26)15(3)39-27-32-31-24(33(27)18-10-8-7-9-17(18)28)16-11-19(35-4)22(37-6)20(12-16)36-5/h7-12,15H,1-6H3,(H,29,30,34)/t15-/m0/s1. The number of rotatable bonds is 8. The fourth-order valence-corrected chi connectivity index (χ4v) is 6.23. The highest BCUT2D eigenvalue weighted by Crippen LogP contribution is 2.43. The maximum Gasteiger partial charge on any atom is 0.259 e. The van der Waals surface area contributed by atoms with Crippen LogP contribution in [0.1, 0.15) is 28.4 Å². The van der Waals surface area contributed by atoms with E-state index in [2.05, 4.69) is 15.2 Å². The van der Waals surface area contributed by atoms with E-state index < -0.39 is 5.82 Å². The third-order valence-electron chi connectivity index (χ3n) is 6.37. The Morgan fingerprint density at radius 3 is 2.38 bits per heavy atom. The van der Waals surface area contributed by atoms with Crippen molar-refractivity contribution in [3.63, 3.8) is 0 Å². The number of hydrogen-bond donors (Lipinski definition) is 1. The molecule has 0 fully saturated rings. The zero-order chi connectivity index (χ0) is 27.8. The van der Waals surface area contributed by atoms with Gasteiger partial charge in [-0.05, 0) is 50.6 Å². The molecule has 5 aromatic rings. The number of ether oxygens (including phenoxy) is 3. The van der Waals surface area contributed by atoms with Crippen molar-refractivity contribution in [2.24, 2.45) is 0 Å². The molecule has 1 atom stereocenters. The number of methoxy groups -OCH3 is 3. The maximum atomic E-state index is 15.2. The molecule has 0 aliphatic rings. The Morgan fingerprint density at radius 1 is 1.05 bits per heavy atom. The van der Waals surface area contributed by atoms with E-state index in [9.17, 15) is 4.79 Å². The van der Waals surface area contributed by atoms with Gasteiger partial charge in [-0.2, -0.15) is 0 Å². The van der Waals surface area contributed by atoms with Gasteiger partial charge in [0.1, 0.15) is 16.5 Å². The van der Waals surface area contributed by atoms with Crippen molar-refractivity contribution in [3.05, 3.63) is 68.8 Å². The van der Waals surface area contributed by atoms with Crippen molar-refractivity contribution < 1.29 is 18.6 Å². The first kappa shape index (κ1) is 26.7. The van der Waals surface area contributed by atoms with Crippen LogP contribution in [-0.2, 0) is 0 Å². The average molecular weight is 568 g/mol. The van der Waals surface area contributed by atoms with E-state index in [0.717, 1.165) is 10.4 Å². The molecule has 0 aliphatic carbocycles. The molecule has 3 heterocycles. The highest BCUT2D eigenvalue weighted by Gasteiger charge is 2.25. The Morgan fingerprint density at radius 2 is 1.74 bits per heavy atom. The van der Waals surface area contributed by atoms with Gasteiger partial charge in [-0.15, -0.1) is 21.5 Å². The van der Waals surface area contributed by atoms with Crippen LogP contribution in [0.25, 0.3) is 27.3 Å². The first-order valence-corrected chi connectivity index (χ1v) is 13.6. The van der Waals surface area contributed by atoms with E-state index in [0.29, 0.717) is 49.8 Å². The molecule has 0 spiro atoms. The van der Waals surface area contributed by atoms with Gasteiger partial charge < -0.3 is 19.2 Å². The van der Waals surface area contributed by atoms with Gasteiger partial charge >= 0.3 is 0 Å². The van der Waals surface area contributed by atoms with Gasteiger partial charge in [0.15, 0.2) is 22.5 Å². The van der Waals surface area contributed by atoms with E-state index >= 15 is 4.39 Å². The average Bonchev–Trinajstić information content (AvgIpc) is 3.47. The summed E-state index contributed by atoms with van der Waals surface area (Å²) in [6, 6.07) is 9.85. The number of thiophene rings is 1. The van der Waals surface area contributed by atoms with Crippen LogP contribution in [0.2, 0.25) is 0 Å². The van der Waals surface area contributed by atoms with E-state index in [4.69, 9.17) is 19.2 Å². The molecular weight excluding hydrogens is 541 g/mol. The van der Waals surface area contributed by atoms with Gasteiger partial charge in [0, 0.05) is 10.4 Å². The topological polar surface area (TPSA) is 104 Å². The third kappa shape index (κ3) is 4.74. The van der Waals surface area contributed by atoms with Gasteiger partial charge in [0.2, 0.25) is 5.75 Å². The predicted molar refractivity (Wildman–Crippen MR) is 150 cm³/mol. The minimum absolute atomic E-state index is 0.182. The summed E-state index contributed by atoms with van der Waals surface area (Å²) in [4.78, 5) is 22.3. The van der Waals surface area contributed by atoms with Crippen molar-refractivity contribution in [3.8, 4) is 34.3 Å². The SMILES string of the molecule is COc1cc(-c2nnc(S[C@@H](C)c3nc4sc(C)c(C)c4c(=O)[nH]3)n2-c2ccccc2F)cc(OC)c1OC. The lowest BCUT2D eigenvalue weighted by Crippen LogP contribution is -2.13. The highest BCUT2D eigenvalue weighted by molar-refractivity contribution is 7.99. The maximum absolute atomic E-state index is 15.2. The smallest absolute Gasteiger partial charge is 0.259 e. The Labute approximate surface area is 232 Å². The van der Waals surface area contributed by atoms with Gasteiger partial charge in [-0.25, -0.2) is 9.37 Å². The van der Waals surface area contributed by atoms with Crippen LogP contribution >= 0.6 is 23.1 Å². The van der Waals surface area contributed by atoms with Crippen LogP contribution in [0.15, 0.2) is 46.3 Å². The molecule has 39 heavy (non-hydrogen) atoms. The number of para-hydroxylation sites is 1. The molecule has 0 amide bonds. The summed E-state index contributed by atoms with van der Waals surface area (Å²) < 4.78 is 33.3. The van der Waals surface area contributed by atoms with E-state index in [-0.39, 0.29) is 16.5 Å². The van der Waals surface area contributed by atoms with Crippen molar-refractivity contribution in [1.29, 1.82) is 0 Å². The van der Waals surface area contributed by atoms with Gasteiger partial charge in [-0.3, -0.25) is 9.36 Å². The van der Waals surface area contributed by atoms with Crippen molar-refractivity contribution in [2.75, 3.05) is 21.3 Å². The number of thioether (sulfide) groups is 1. The quantitative estimate of drug-likeness (QED) is 0.232. The Balaban J connectivity index is 1.63. The number of aromatic amines is 1. The molecule has 0 bridgehead atoms. The Kier molecular flexibility index (Phi) is 7.32. The molecule has 3 aromatic heterocycles. The molecule has 0 radical (unpaired) electrons. The molecular formula is C27H26FN5O4S2. The number of aromatic nitrogens is 5. The number of benzene rings is 2. The minimum atomic E-state index is -0.446.